The lowest BCUT2D eigenvalue weighted by atomic mass is 10.1. The molecule has 0 bridgehead atoms. The number of sulfone groups is 1. The molecule has 0 saturated carbocycles. The Morgan fingerprint density at radius 3 is 2.61 bits per heavy atom. The molecule has 1 aliphatic heterocycles. The average Bonchev–Trinajstić information content (AvgIpc) is 3.29. The highest BCUT2D eigenvalue weighted by Crippen LogP contribution is 2.35. The van der Waals surface area contributed by atoms with Gasteiger partial charge in [0, 0.05) is 20.6 Å². The molecule has 1 N–H and O–H groups in total. The molecule has 2 heterocycles. The van der Waals surface area contributed by atoms with Crippen LogP contribution in [0.2, 0.25) is 0 Å². The van der Waals surface area contributed by atoms with Crippen molar-refractivity contribution < 1.29 is 17.9 Å². The van der Waals surface area contributed by atoms with E-state index in [2.05, 4.69) is 10.3 Å². The smallest absolute Gasteiger partial charge is 0.258 e. The van der Waals surface area contributed by atoms with Crippen LogP contribution in [0.25, 0.3) is 11.3 Å². The number of carbonyl (C=O) groups is 1. The van der Waals surface area contributed by atoms with Crippen LogP contribution < -0.4 is 10.1 Å². The molecule has 162 valence electrons. The van der Waals surface area contributed by atoms with Crippen LogP contribution in [0.5, 0.6) is 5.75 Å². The number of hydrogen-bond donors (Lipinski definition) is 1. The van der Waals surface area contributed by atoms with Gasteiger partial charge in [0.2, 0.25) is 0 Å². The lowest BCUT2D eigenvalue weighted by Gasteiger charge is -2.12. The Labute approximate surface area is 190 Å². The summed E-state index contributed by atoms with van der Waals surface area (Å²) in [5, 5.41) is 3.40. The first-order chi connectivity index (χ1) is 14.8. The summed E-state index contributed by atoms with van der Waals surface area (Å²) in [5.74, 6) is 0.893. The van der Waals surface area contributed by atoms with Gasteiger partial charge in [0.15, 0.2) is 15.0 Å². The number of methoxy groups -OCH3 is 1. The number of carbonyl (C=O) groups excluding carboxylic acids is 1. The van der Waals surface area contributed by atoms with Crippen molar-refractivity contribution >= 4 is 44.0 Å². The van der Waals surface area contributed by atoms with Crippen LogP contribution in [-0.4, -0.2) is 43.2 Å². The fourth-order valence-corrected chi connectivity index (χ4v) is 7.88. The molecule has 1 atom stereocenters. The van der Waals surface area contributed by atoms with Gasteiger partial charge in [-0.25, -0.2) is 13.4 Å². The molecule has 2 aromatic carbocycles. The molecule has 4 rings (SSSR count). The van der Waals surface area contributed by atoms with Crippen molar-refractivity contribution in [1.29, 1.82) is 0 Å². The zero-order valence-corrected chi connectivity index (χ0v) is 19.6. The van der Waals surface area contributed by atoms with Crippen LogP contribution in [-0.2, 0) is 9.84 Å². The molecular formula is C22H22N2O4S3. The molecule has 0 aliphatic carbocycles. The number of anilines is 1. The summed E-state index contributed by atoms with van der Waals surface area (Å²) in [5.41, 5.74) is 2.30. The van der Waals surface area contributed by atoms with Gasteiger partial charge in [0.25, 0.3) is 5.91 Å². The van der Waals surface area contributed by atoms with Crippen LogP contribution in [0.3, 0.4) is 0 Å². The molecule has 1 aromatic heterocycles. The fraction of sp³-hybridized carbons (Fsp3) is 0.273. The highest BCUT2D eigenvalue weighted by atomic mass is 32.2. The Hall–Kier alpha value is -2.36. The molecule has 9 heteroatoms. The Kier molecular flexibility index (Phi) is 6.36. The number of nitrogens with zero attached hydrogens (tertiary/aromatic N) is 1. The lowest BCUT2D eigenvalue weighted by molar-refractivity contribution is 0.102. The largest absolute Gasteiger partial charge is 0.497 e. The minimum atomic E-state index is -2.97. The zero-order valence-electron chi connectivity index (χ0n) is 17.1. The van der Waals surface area contributed by atoms with Crippen LogP contribution in [0.15, 0.2) is 53.4 Å². The average molecular weight is 475 g/mol. The third-order valence-electron chi connectivity index (χ3n) is 5.00. The maximum absolute atomic E-state index is 13.0. The SMILES string of the molecule is COc1ccc(-c2nc(NC(=O)c3ccccc3S[C@H]3CCS(=O)(=O)C3)sc2C)cc1. The fourth-order valence-electron chi connectivity index (χ4n) is 3.42. The van der Waals surface area contributed by atoms with E-state index in [1.54, 1.807) is 19.2 Å². The number of rotatable bonds is 6. The van der Waals surface area contributed by atoms with Gasteiger partial charge in [0.05, 0.1) is 29.9 Å². The molecule has 1 aliphatic rings. The number of aryl methyl sites for hydroxylation is 1. The van der Waals surface area contributed by atoms with Gasteiger partial charge in [-0.3, -0.25) is 10.1 Å². The van der Waals surface area contributed by atoms with Crippen LogP contribution in [0, 0.1) is 6.92 Å². The van der Waals surface area contributed by atoms with E-state index in [0.29, 0.717) is 17.1 Å². The molecule has 0 unspecified atom stereocenters. The second-order valence-corrected chi connectivity index (χ2v) is 12.0. The highest BCUT2D eigenvalue weighted by Gasteiger charge is 2.29. The van der Waals surface area contributed by atoms with Gasteiger partial charge in [-0.1, -0.05) is 12.1 Å². The third kappa shape index (κ3) is 5.11. The highest BCUT2D eigenvalue weighted by molar-refractivity contribution is 8.02. The second-order valence-electron chi connectivity index (χ2n) is 7.25. The first-order valence-electron chi connectivity index (χ1n) is 9.74. The zero-order chi connectivity index (χ0) is 22.0. The van der Waals surface area contributed by atoms with Gasteiger partial charge in [-0.05, 0) is 49.7 Å². The predicted octanol–water partition coefficient (Wildman–Crippen LogP) is 4.66. The number of thioether (sulfide) groups is 1. The number of hydrogen-bond acceptors (Lipinski definition) is 7. The quantitative estimate of drug-likeness (QED) is 0.559. The predicted molar refractivity (Wildman–Crippen MR) is 126 cm³/mol. The van der Waals surface area contributed by atoms with Gasteiger partial charge in [-0.15, -0.1) is 23.1 Å². The van der Waals surface area contributed by atoms with Crippen molar-refractivity contribution in [1.82, 2.24) is 4.98 Å². The number of ether oxygens (including phenoxy) is 1. The summed E-state index contributed by atoms with van der Waals surface area (Å²) in [7, 11) is -1.34. The lowest BCUT2D eigenvalue weighted by Crippen LogP contribution is -2.14. The summed E-state index contributed by atoms with van der Waals surface area (Å²) in [4.78, 5) is 19.4. The molecule has 0 radical (unpaired) electrons. The van der Waals surface area contributed by atoms with E-state index in [1.165, 1.54) is 23.1 Å². The van der Waals surface area contributed by atoms with Crippen LogP contribution in [0.4, 0.5) is 5.13 Å². The first-order valence-corrected chi connectivity index (χ1v) is 13.3. The first kappa shape index (κ1) is 21.9. The number of benzene rings is 2. The molecular weight excluding hydrogens is 452 g/mol. The van der Waals surface area contributed by atoms with E-state index in [0.717, 1.165) is 26.8 Å². The van der Waals surface area contributed by atoms with Gasteiger partial charge >= 0.3 is 0 Å². The molecule has 1 saturated heterocycles. The maximum atomic E-state index is 13.0. The van der Waals surface area contributed by atoms with Gasteiger partial charge in [0.1, 0.15) is 5.75 Å². The van der Waals surface area contributed by atoms with Crippen LogP contribution >= 0.6 is 23.1 Å². The summed E-state index contributed by atoms with van der Waals surface area (Å²) in [6, 6.07) is 14.9. The van der Waals surface area contributed by atoms with Gasteiger partial charge in [-0.2, -0.15) is 0 Å². The molecule has 1 amide bonds. The molecule has 6 nitrogen and oxygen atoms in total. The van der Waals surface area contributed by atoms with Crippen molar-refractivity contribution in [2.45, 2.75) is 23.5 Å². The van der Waals surface area contributed by atoms with Crippen molar-refractivity contribution in [3.05, 3.63) is 59.0 Å². The monoisotopic (exact) mass is 474 g/mol. The van der Waals surface area contributed by atoms with Crippen molar-refractivity contribution in [2.24, 2.45) is 0 Å². The molecule has 1 fully saturated rings. The number of thiazole rings is 1. The number of aromatic nitrogens is 1. The summed E-state index contributed by atoms with van der Waals surface area (Å²) >= 11 is 2.88. The van der Waals surface area contributed by atoms with E-state index in [-0.39, 0.29) is 22.7 Å². The maximum Gasteiger partial charge on any atom is 0.258 e. The van der Waals surface area contributed by atoms with Crippen molar-refractivity contribution in [2.75, 3.05) is 23.9 Å². The normalized spacial score (nSPS) is 17.4. The molecule has 31 heavy (non-hydrogen) atoms. The van der Waals surface area contributed by atoms with Crippen LogP contribution in [0.1, 0.15) is 21.7 Å². The summed E-state index contributed by atoms with van der Waals surface area (Å²) in [6.45, 7) is 1.97. The minimum Gasteiger partial charge on any atom is -0.497 e. The standard InChI is InChI=1S/C22H22N2O4S3/c1-14-20(15-7-9-16(28-2)10-8-15)23-22(29-14)24-21(25)18-5-3-4-6-19(18)30-17-11-12-31(26,27)13-17/h3-10,17H,11-13H2,1-2H3,(H,23,24,25)/t17-/m0/s1. The Morgan fingerprint density at radius 2 is 1.94 bits per heavy atom. The van der Waals surface area contributed by atoms with E-state index >= 15 is 0 Å². The van der Waals surface area contributed by atoms with E-state index in [9.17, 15) is 13.2 Å². The number of amides is 1. The number of nitrogens with one attached hydrogen (secondary N) is 1. The molecule has 0 spiro atoms. The summed E-state index contributed by atoms with van der Waals surface area (Å²) < 4.78 is 28.7. The Balaban J connectivity index is 1.51. The van der Waals surface area contributed by atoms with Gasteiger partial charge < -0.3 is 4.74 Å². The Bertz CT molecular complexity index is 1200. The Morgan fingerprint density at radius 1 is 1.19 bits per heavy atom. The third-order valence-corrected chi connectivity index (χ3v) is 9.21. The minimum absolute atomic E-state index is 0.0252. The second kappa shape index (κ2) is 9.02. The van der Waals surface area contributed by atoms with Crippen molar-refractivity contribution in [3.8, 4) is 17.0 Å². The summed E-state index contributed by atoms with van der Waals surface area (Å²) in [6.07, 6.45) is 0.611. The van der Waals surface area contributed by atoms with E-state index < -0.39 is 9.84 Å². The topological polar surface area (TPSA) is 85.4 Å². The van der Waals surface area contributed by atoms with E-state index in [4.69, 9.17) is 4.74 Å². The molecule has 3 aromatic rings. The van der Waals surface area contributed by atoms with E-state index in [1.807, 2.05) is 43.3 Å². The van der Waals surface area contributed by atoms with Crippen molar-refractivity contribution in [3.63, 3.8) is 0 Å².